The molecule has 64 valence electrons. The van der Waals surface area contributed by atoms with E-state index in [1.807, 2.05) is 12.1 Å². The van der Waals surface area contributed by atoms with Crippen molar-refractivity contribution in [2.75, 3.05) is 0 Å². The molecular formula is C11H9NO. The minimum absolute atomic E-state index is 0.186. The van der Waals surface area contributed by atoms with Gasteiger partial charge in [-0.1, -0.05) is 36.4 Å². The second-order valence-corrected chi connectivity index (χ2v) is 2.51. The van der Waals surface area contributed by atoms with Gasteiger partial charge in [0.2, 0.25) is 5.78 Å². The van der Waals surface area contributed by atoms with Crippen LogP contribution in [-0.4, -0.2) is 5.78 Å². The summed E-state index contributed by atoms with van der Waals surface area (Å²) in [5.74, 6) is -0.217. The lowest BCUT2D eigenvalue weighted by atomic mass is 10.0. The zero-order valence-corrected chi connectivity index (χ0v) is 7.32. The standard InChI is InChI=1S/C11H9NO/c1-2-9(8-12)11(13)10-6-4-3-5-7-10/h2-7H,1H3/b9-2-. The highest BCUT2D eigenvalue weighted by Gasteiger charge is 2.09. The third-order valence-corrected chi connectivity index (χ3v) is 1.69. The molecule has 0 aliphatic carbocycles. The van der Waals surface area contributed by atoms with E-state index in [2.05, 4.69) is 0 Å². The molecule has 0 spiro atoms. The predicted molar refractivity (Wildman–Crippen MR) is 50.1 cm³/mol. The Balaban J connectivity index is 3.01. The van der Waals surface area contributed by atoms with Crippen LogP contribution in [0.4, 0.5) is 0 Å². The molecule has 0 unspecified atom stereocenters. The third-order valence-electron chi connectivity index (χ3n) is 1.69. The molecule has 0 radical (unpaired) electrons. The van der Waals surface area contributed by atoms with Gasteiger partial charge in [-0.15, -0.1) is 0 Å². The van der Waals surface area contributed by atoms with Gasteiger partial charge in [0, 0.05) is 5.56 Å². The van der Waals surface area contributed by atoms with Crippen LogP contribution in [0.2, 0.25) is 0 Å². The van der Waals surface area contributed by atoms with Crippen LogP contribution in [0.3, 0.4) is 0 Å². The topological polar surface area (TPSA) is 40.9 Å². The van der Waals surface area contributed by atoms with E-state index in [0.717, 1.165) is 0 Å². The summed E-state index contributed by atoms with van der Waals surface area (Å²) in [4.78, 5) is 11.5. The van der Waals surface area contributed by atoms with Crippen LogP contribution in [0, 0.1) is 11.3 Å². The van der Waals surface area contributed by atoms with Crippen molar-refractivity contribution >= 4 is 5.78 Å². The summed E-state index contributed by atoms with van der Waals surface area (Å²) in [6.45, 7) is 1.68. The van der Waals surface area contributed by atoms with E-state index in [4.69, 9.17) is 5.26 Å². The number of benzene rings is 1. The number of ketones is 1. The monoisotopic (exact) mass is 171 g/mol. The Morgan fingerprint density at radius 3 is 2.46 bits per heavy atom. The summed E-state index contributed by atoms with van der Waals surface area (Å²) in [6.07, 6.45) is 1.52. The zero-order chi connectivity index (χ0) is 9.68. The highest BCUT2D eigenvalue weighted by molar-refractivity contribution is 6.11. The van der Waals surface area contributed by atoms with Crippen molar-refractivity contribution in [3.05, 3.63) is 47.5 Å². The highest BCUT2D eigenvalue weighted by Crippen LogP contribution is 2.06. The van der Waals surface area contributed by atoms with Crippen molar-refractivity contribution in [2.45, 2.75) is 6.92 Å². The van der Waals surface area contributed by atoms with E-state index in [1.54, 1.807) is 31.2 Å². The van der Waals surface area contributed by atoms with Crippen molar-refractivity contribution in [2.24, 2.45) is 0 Å². The van der Waals surface area contributed by atoms with E-state index in [-0.39, 0.29) is 11.4 Å². The fourth-order valence-electron chi connectivity index (χ4n) is 0.991. The van der Waals surface area contributed by atoms with E-state index in [9.17, 15) is 4.79 Å². The molecule has 13 heavy (non-hydrogen) atoms. The van der Waals surface area contributed by atoms with Gasteiger partial charge in [-0.3, -0.25) is 4.79 Å². The van der Waals surface area contributed by atoms with Crippen molar-refractivity contribution in [3.63, 3.8) is 0 Å². The number of rotatable bonds is 2. The summed E-state index contributed by atoms with van der Waals surface area (Å²) in [6, 6.07) is 10.6. The molecule has 0 bridgehead atoms. The Morgan fingerprint density at radius 1 is 1.38 bits per heavy atom. The second kappa shape index (κ2) is 4.22. The normalized spacial score (nSPS) is 10.6. The highest BCUT2D eigenvalue weighted by atomic mass is 16.1. The second-order valence-electron chi connectivity index (χ2n) is 2.51. The maximum absolute atomic E-state index is 11.5. The number of carbonyl (C=O) groups excluding carboxylic acids is 1. The molecular weight excluding hydrogens is 162 g/mol. The summed E-state index contributed by atoms with van der Waals surface area (Å²) < 4.78 is 0. The maximum atomic E-state index is 11.5. The van der Waals surface area contributed by atoms with E-state index in [0.29, 0.717) is 5.56 Å². The fraction of sp³-hybridized carbons (Fsp3) is 0.0909. The van der Waals surface area contributed by atoms with Crippen molar-refractivity contribution < 1.29 is 4.79 Å². The number of Topliss-reactive ketones (excluding diaryl/α,β-unsaturated/α-hetero) is 1. The van der Waals surface area contributed by atoms with Gasteiger partial charge >= 0.3 is 0 Å². The molecule has 0 N–H and O–H groups in total. The lowest BCUT2D eigenvalue weighted by molar-refractivity contribution is 0.103. The first-order valence-corrected chi connectivity index (χ1v) is 3.95. The van der Waals surface area contributed by atoms with Gasteiger partial charge in [0.1, 0.15) is 6.07 Å². The molecule has 1 aromatic rings. The maximum Gasteiger partial charge on any atom is 0.203 e. The molecule has 0 saturated heterocycles. The molecule has 1 aromatic carbocycles. The molecule has 0 aliphatic rings. The van der Waals surface area contributed by atoms with Gasteiger partial charge in [0.25, 0.3) is 0 Å². The minimum Gasteiger partial charge on any atom is -0.288 e. The van der Waals surface area contributed by atoms with Crippen LogP contribution in [0.5, 0.6) is 0 Å². The van der Waals surface area contributed by atoms with Gasteiger partial charge in [0.05, 0.1) is 5.57 Å². The number of carbonyl (C=O) groups is 1. The quantitative estimate of drug-likeness (QED) is 0.389. The molecule has 2 nitrogen and oxygen atoms in total. The van der Waals surface area contributed by atoms with Gasteiger partial charge in [-0.05, 0) is 6.92 Å². The summed E-state index contributed by atoms with van der Waals surface area (Å²) in [7, 11) is 0. The number of hydrogen-bond acceptors (Lipinski definition) is 2. The van der Waals surface area contributed by atoms with Crippen LogP contribution in [0.25, 0.3) is 0 Å². The van der Waals surface area contributed by atoms with E-state index < -0.39 is 0 Å². The molecule has 0 saturated carbocycles. The van der Waals surface area contributed by atoms with Gasteiger partial charge in [0.15, 0.2) is 0 Å². The number of nitrogens with zero attached hydrogens (tertiary/aromatic N) is 1. The SMILES string of the molecule is C/C=C(/C#N)C(=O)c1ccccc1. The molecule has 2 heteroatoms. The molecule has 0 aliphatic heterocycles. The van der Waals surface area contributed by atoms with Gasteiger partial charge in [-0.25, -0.2) is 0 Å². The lowest BCUT2D eigenvalue weighted by Gasteiger charge is -1.96. The number of allylic oxidation sites excluding steroid dienone is 2. The molecule has 0 fully saturated rings. The predicted octanol–water partition coefficient (Wildman–Crippen LogP) is 2.34. The van der Waals surface area contributed by atoms with Crippen LogP contribution < -0.4 is 0 Å². The van der Waals surface area contributed by atoms with Crippen molar-refractivity contribution in [1.29, 1.82) is 5.26 Å². The Labute approximate surface area is 77.1 Å². The number of hydrogen-bond donors (Lipinski definition) is 0. The Kier molecular flexibility index (Phi) is 2.99. The smallest absolute Gasteiger partial charge is 0.203 e. The van der Waals surface area contributed by atoms with E-state index in [1.165, 1.54) is 6.08 Å². The lowest BCUT2D eigenvalue weighted by Crippen LogP contribution is -2.00. The Hall–Kier alpha value is -1.88. The van der Waals surface area contributed by atoms with Crippen LogP contribution in [0.15, 0.2) is 42.0 Å². The fourth-order valence-corrected chi connectivity index (χ4v) is 0.991. The summed E-state index contributed by atoms with van der Waals surface area (Å²) in [5, 5.41) is 8.62. The van der Waals surface area contributed by atoms with E-state index >= 15 is 0 Å². The first kappa shape index (κ1) is 9.21. The van der Waals surface area contributed by atoms with Crippen molar-refractivity contribution in [3.8, 4) is 6.07 Å². The third kappa shape index (κ3) is 2.03. The van der Waals surface area contributed by atoms with Crippen molar-refractivity contribution in [1.82, 2.24) is 0 Å². The Morgan fingerprint density at radius 2 is 2.00 bits per heavy atom. The molecule has 0 amide bonds. The minimum atomic E-state index is -0.217. The molecule has 0 atom stereocenters. The van der Waals surface area contributed by atoms with Crippen LogP contribution in [0.1, 0.15) is 17.3 Å². The van der Waals surface area contributed by atoms with Crippen LogP contribution in [-0.2, 0) is 0 Å². The molecule has 0 aromatic heterocycles. The van der Waals surface area contributed by atoms with Crippen LogP contribution >= 0.6 is 0 Å². The first-order chi connectivity index (χ1) is 6.29. The summed E-state index contributed by atoms with van der Waals surface area (Å²) >= 11 is 0. The average Bonchev–Trinajstić information content (AvgIpc) is 2.21. The van der Waals surface area contributed by atoms with Gasteiger partial charge in [-0.2, -0.15) is 5.26 Å². The Bertz CT molecular complexity index is 371. The summed E-state index contributed by atoms with van der Waals surface area (Å²) in [5.41, 5.74) is 0.739. The molecule has 0 heterocycles. The first-order valence-electron chi connectivity index (χ1n) is 3.95. The largest absolute Gasteiger partial charge is 0.288 e. The number of nitriles is 1. The molecule has 1 rings (SSSR count). The van der Waals surface area contributed by atoms with Gasteiger partial charge < -0.3 is 0 Å². The zero-order valence-electron chi connectivity index (χ0n) is 7.32. The average molecular weight is 171 g/mol.